The fourth-order valence-electron chi connectivity index (χ4n) is 3.18. The summed E-state index contributed by atoms with van der Waals surface area (Å²) in [7, 11) is 4.78. The van der Waals surface area contributed by atoms with Crippen molar-refractivity contribution in [2.75, 3.05) is 14.2 Å². The van der Waals surface area contributed by atoms with E-state index in [0.717, 1.165) is 10.8 Å². The topological polar surface area (TPSA) is 80.9 Å². The molecule has 0 spiro atoms. The van der Waals surface area contributed by atoms with E-state index in [1.807, 2.05) is 24.3 Å². The number of aliphatic hydroxyl groups excluding tert-OH is 2. The molecule has 2 N–H and O–H groups in total. The molecule has 6 nitrogen and oxygen atoms in total. The summed E-state index contributed by atoms with van der Waals surface area (Å²) in [6, 6.07) is 8.78. The van der Waals surface area contributed by atoms with Crippen LogP contribution in [0.25, 0.3) is 21.9 Å². The predicted octanol–water partition coefficient (Wildman–Crippen LogP) is 2.21. The molecule has 0 radical (unpaired) electrons. The van der Waals surface area contributed by atoms with E-state index in [1.165, 1.54) is 10.6 Å². The van der Waals surface area contributed by atoms with Gasteiger partial charge in [-0.15, -0.1) is 0 Å². The molecule has 6 heteroatoms. The Morgan fingerprint density at radius 3 is 2.27 bits per heavy atom. The van der Waals surface area contributed by atoms with Gasteiger partial charge in [0.1, 0.15) is 0 Å². The zero-order valence-corrected chi connectivity index (χ0v) is 14.9. The van der Waals surface area contributed by atoms with Gasteiger partial charge in [0.15, 0.2) is 11.5 Å². The van der Waals surface area contributed by atoms with E-state index in [9.17, 15) is 15.0 Å². The zero-order chi connectivity index (χ0) is 18.8. The van der Waals surface area contributed by atoms with Crippen molar-refractivity contribution in [3.05, 3.63) is 58.0 Å². The molecule has 3 rings (SSSR count). The standard InChI is InChI=1S/C20H21NO5/c1-21-5-4-12(8-19(21)24)20-15-9-18(26-3)17(25-2)7-13(15)6-14(10-22)16(20)11-23/h4-9,22-23H,10-11H2,1-3H3. The fourth-order valence-corrected chi connectivity index (χ4v) is 3.18. The summed E-state index contributed by atoms with van der Waals surface area (Å²) in [5.74, 6) is 1.11. The van der Waals surface area contributed by atoms with Gasteiger partial charge in [-0.25, -0.2) is 0 Å². The van der Waals surface area contributed by atoms with Crippen LogP contribution in [0.3, 0.4) is 0 Å². The van der Waals surface area contributed by atoms with Crippen LogP contribution >= 0.6 is 0 Å². The Balaban J connectivity index is 2.46. The van der Waals surface area contributed by atoms with Gasteiger partial charge in [-0.05, 0) is 57.3 Å². The number of methoxy groups -OCH3 is 2. The Morgan fingerprint density at radius 2 is 1.69 bits per heavy atom. The van der Waals surface area contributed by atoms with Gasteiger partial charge in [-0.3, -0.25) is 4.79 Å². The quantitative estimate of drug-likeness (QED) is 0.733. The van der Waals surface area contributed by atoms with Gasteiger partial charge < -0.3 is 24.3 Å². The molecule has 0 atom stereocenters. The molecule has 1 aromatic heterocycles. The van der Waals surface area contributed by atoms with Crippen molar-refractivity contribution >= 4 is 10.8 Å². The van der Waals surface area contributed by atoms with Crippen molar-refractivity contribution in [3.63, 3.8) is 0 Å². The van der Waals surface area contributed by atoms with E-state index in [4.69, 9.17) is 9.47 Å². The average Bonchev–Trinajstić information content (AvgIpc) is 2.67. The van der Waals surface area contributed by atoms with Crippen LogP contribution in [0.1, 0.15) is 11.1 Å². The number of rotatable bonds is 5. The lowest BCUT2D eigenvalue weighted by Crippen LogP contribution is -2.14. The van der Waals surface area contributed by atoms with Crippen LogP contribution in [0.5, 0.6) is 11.5 Å². The highest BCUT2D eigenvalue weighted by Crippen LogP contribution is 2.40. The predicted molar refractivity (Wildman–Crippen MR) is 99.6 cm³/mol. The van der Waals surface area contributed by atoms with Gasteiger partial charge >= 0.3 is 0 Å². The summed E-state index contributed by atoms with van der Waals surface area (Å²) < 4.78 is 12.2. The number of benzene rings is 2. The summed E-state index contributed by atoms with van der Waals surface area (Å²) in [4.78, 5) is 12.1. The first-order valence-electron chi connectivity index (χ1n) is 8.13. The van der Waals surface area contributed by atoms with E-state index in [0.29, 0.717) is 33.8 Å². The summed E-state index contributed by atoms with van der Waals surface area (Å²) in [6.07, 6.45) is 1.68. The monoisotopic (exact) mass is 355 g/mol. The molecule has 0 aliphatic carbocycles. The van der Waals surface area contributed by atoms with Crippen molar-refractivity contribution < 1.29 is 19.7 Å². The minimum Gasteiger partial charge on any atom is -0.493 e. The first-order chi connectivity index (χ1) is 12.5. The highest BCUT2D eigenvalue weighted by atomic mass is 16.5. The van der Waals surface area contributed by atoms with Crippen molar-refractivity contribution in [2.24, 2.45) is 7.05 Å². The molecule has 0 amide bonds. The highest BCUT2D eigenvalue weighted by molar-refractivity contribution is 6.00. The normalized spacial score (nSPS) is 11.0. The lowest BCUT2D eigenvalue weighted by atomic mass is 9.90. The van der Waals surface area contributed by atoms with Gasteiger partial charge in [0.05, 0.1) is 27.4 Å². The smallest absolute Gasteiger partial charge is 0.250 e. The highest BCUT2D eigenvalue weighted by Gasteiger charge is 2.17. The Hall–Kier alpha value is -2.83. The first kappa shape index (κ1) is 18.0. The molecule has 3 aromatic rings. The Kier molecular flexibility index (Phi) is 4.97. The van der Waals surface area contributed by atoms with Crippen molar-refractivity contribution in [2.45, 2.75) is 13.2 Å². The maximum Gasteiger partial charge on any atom is 0.250 e. The molecular weight excluding hydrogens is 334 g/mol. The molecule has 0 bridgehead atoms. The van der Waals surface area contributed by atoms with Crippen LogP contribution in [0.2, 0.25) is 0 Å². The SMILES string of the molecule is COc1cc2cc(CO)c(CO)c(-c3ccn(C)c(=O)c3)c2cc1OC. The van der Waals surface area contributed by atoms with E-state index in [1.54, 1.807) is 27.5 Å². The van der Waals surface area contributed by atoms with Crippen molar-refractivity contribution in [1.82, 2.24) is 4.57 Å². The second-order valence-electron chi connectivity index (χ2n) is 6.00. The average molecular weight is 355 g/mol. The number of ether oxygens (including phenoxy) is 2. The lowest BCUT2D eigenvalue weighted by Gasteiger charge is -2.18. The van der Waals surface area contributed by atoms with Crippen LogP contribution in [0.4, 0.5) is 0 Å². The van der Waals surface area contributed by atoms with Gasteiger partial charge in [-0.1, -0.05) is 0 Å². The number of hydrogen-bond acceptors (Lipinski definition) is 5. The Bertz CT molecular complexity index is 1020. The summed E-state index contributed by atoms with van der Waals surface area (Å²) in [6.45, 7) is -0.483. The molecule has 2 aromatic carbocycles. The van der Waals surface area contributed by atoms with Gasteiger partial charge in [0.2, 0.25) is 0 Å². The molecule has 0 aliphatic rings. The number of aromatic nitrogens is 1. The van der Waals surface area contributed by atoms with Gasteiger partial charge in [0.25, 0.3) is 5.56 Å². The molecule has 0 unspecified atom stereocenters. The van der Waals surface area contributed by atoms with E-state index >= 15 is 0 Å². The summed E-state index contributed by atoms with van der Waals surface area (Å²) >= 11 is 0. The minimum absolute atomic E-state index is 0.158. The van der Waals surface area contributed by atoms with Gasteiger partial charge in [0, 0.05) is 19.3 Å². The molecule has 0 aliphatic heterocycles. The fraction of sp³-hybridized carbons (Fsp3) is 0.250. The third kappa shape index (κ3) is 2.94. The van der Waals surface area contributed by atoms with Crippen LogP contribution < -0.4 is 15.0 Å². The molecule has 0 fully saturated rings. The first-order valence-corrected chi connectivity index (χ1v) is 8.13. The largest absolute Gasteiger partial charge is 0.493 e. The molecule has 1 heterocycles. The Labute approximate surface area is 150 Å². The van der Waals surface area contributed by atoms with Crippen molar-refractivity contribution in [3.8, 4) is 22.6 Å². The van der Waals surface area contributed by atoms with Crippen LogP contribution in [0.15, 0.2) is 41.3 Å². The second-order valence-corrected chi connectivity index (χ2v) is 6.00. The van der Waals surface area contributed by atoms with Crippen LogP contribution in [-0.2, 0) is 20.3 Å². The molecule has 0 saturated carbocycles. The van der Waals surface area contributed by atoms with Gasteiger partial charge in [-0.2, -0.15) is 0 Å². The number of nitrogens with zero attached hydrogens (tertiary/aromatic N) is 1. The lowest BCUT2D eigenvalue weighted by molar-refractivity contribution is 0.260. The number of aryl methyl sites for hydroxylation is 1. The number of pyridine rings is 1. The maximum absolute atomic E-state index is 12.1. The molecule has 0 saturated heterocycles. The molecule has 136 valence electrons. The Morgan fingerprint density at radius 1 is 1.00 bits per heavy atom. The number of hydrogen-bond donors (Lipinski definition) is 2. The minimum atomic E-state index is -0.259. The number of aliphatic hydroxyl groups is 2. The second kappa shape index (κ2) is 7.19. The van der Waals surface area contributed by atoms with E-state index in [-0.39, 0.29) is 18.8 Å². The van der Waals surface area contributed by atoms with E-state index < -0.39 is 0 Å². The number of fused-ring (bicyclic) bond motifs is 1. The molecular formula is C20H21NO5. The van der Waals surface area contributed by atoms with Crippen LogP contribution in [0, 0.1) is 0 Å². The van der Waals surface area contributed by atoms with Crippen molar-refractivity contribution in [1.29, 1.82) is 0 Å². The summed E-state index contributed by atoms with van der Waals surface area (Å²) in [5, 5.41) is 21.3. The summed E-state index contributed by atoms with van der Waals surface area (Å²) in [5.41, 5.74) is 2.40. The third-order valence-electron chi connectivity index (χ3n) is 4.57. The third-order valence-corrected chi connectivity index (χ3v) is 4.57. The molecule has 26 heavy (non-hydrogen) atoms. The van der Waals surface area contributed by atoms with E-state index in [2.05, 4.69) is 0 Å². The van der Waals surface area contributed by atoms with Crippen LogP contribution in [-0.4, -0.2) is 29.0 Å². The maximum atomic E-state index is 12.1. The zero-order valence-electron chi connectivity index (χ0n) is 14.9.